The van der Waals surface area contributed by atoms with Crippen molar-refractivity contribution in [3.05, 3.63) is 29.6 Å². The molecule has 2 unspecified atom stereocenters. The number of carbonyl (C=O) groups is 1. The highest BCUT2D eigenvalue weighted by molar-refractivity contribution is 7.99. The van der Waals surface area contributed by atoms with Gasteiger partial charge in [-0.05, 0) is 31.2 Å². The number of amides is 1. The van der Waals surface area contributed by atoms with Gasteiger partial charge < -0.3 is 10.4 Å². The Morgan fingerprint density at radius 1 is 1.42 bits per heavy atom. The Morgan fingerprint density at radius 3 is 2.53 bits per heavy atom. The Morgan fingerprint density at radius 2 is 2.11 bits per heavy atom. The number of nitrogens with zero attached hydrogens (tertiary/aromatic N) is 1. The highest BCUT2D eigenvalue weighted by atomic mass is 32.2. The zero-order valence-corrected chi connectivity index (χ0v) is 12.7. The quantitative estimate of drug-likeness (QED) is 0.838. The summed E-state index contributed by atoms with van der Waals surface area (Å²) in [7, 11) is 0. The molecule has 5 heteroatoms. The van der Waals surface area contributed by atoms with Crippen LogP contribution in [0.15, 0.2) is 18.3 Å². The van der Waals surface area contributed by atoms with Crippen molar-refractivity contribution in [3.63, 3.8) is 0 Å². The average Bonchev–Trinajstić information content (AvgIpc) is 2.40. The number of pyridine rings is 1. The van der Waals surface area contributed by atoms with Gasteiger partial charge in [-0.25, -0.2) is 0 Å². The topological polar surface area (TPSA) is 62.2 Å². The van der Waals surface area contributed by atoms with Crippen molar-refractivity contribution in [2.45, 2.75) is 38.0 Å². The van der Waals surface area contributed by atoms with E-state index < -0.39 is 0 Å². The predicted molar refractivity (Wildman–Crippen MR) is 79.6 cm³/mol. The number of hydrogen-bond donors (Lipinski definition) is 2. The summed E-state index contributed by atoms with van der Waals surface area (Å²) >= 11 is 1.54. The number of thioether (sulfide) groups is 1. The van der Waals surface area contributed by atoms with Crippen LogP contribution < -0.4 is 5.32 Å². The number of carbonyl (C=O) groups excluding carboxylic acids is 1. The van der Waals surface area contributed by atoms with E-state index in [-0.39, 0.29) is 23.8 Å². The van der Waals surface area contributed by atoms with Crippen molar-refractivity contribution < 1.29 is 9.90 Å². The predicted octanol–water partition coefficient (Wildman–Crippen LogP) is 2.05. The fourth-order valence-corrected chi connectivity index (χ4v) is 2.33. The molecule has 106 valence electrons. The van der Waals surface area contributed by atoms with E-state index in [0.29, 0.717) is 11.5 Å². The van der Waals surface area contributed by atoms with Crippen LogP contribution in [0.25, 0.3) is 0 Å². The van der Waals surface area contributed by atoms with Gasteiger partial charge in [0, 0.05) is 23.2 Å². The number of aliphatic hydroxyl groups excluding tert-OH is 1. The van der Waals surface area contributed by atoms with E-state index in [0.717, 1.165) is 5.69 Å². The molecule has 1 aromatic rings. The average molecular weight is 282 g/mol. The molecule has 2 atom stereocenters. The molecule has 0 radical (unpaired) electrons. The van der Waals surface area contributed by atoms with Gasteiger partial charge in [0.1, 0.15) is 0 Å². The molecule has 0 aliphatic carbocycles. The van der Waals surface area contributed by atoms with Gasteiger partial charge >= 0.3 is 0 Å². The molecule has 19 heavy (non-hydrogen) atoms. The largest absolute Gasteiger partial charge is 0.395 e. The fraction of sp³-hybridized carbons (Fsp3) is 0.571. The van der Waals surface area contributed by atoms with E-state index in [1.54, 1.807) is 24.0 Å². The Hall–Kier alpha value is -1.07. The molecule has 1 amide bonds. The van der Waals surface area contributed by atoms with Gasteiger partial charge in [-0.15, -0.1) is 0 Å². The van der Waals surface area contributed by atoms with Crippen LogP contribution in [0.1, 0.15) is 42.7 Å². The summed E-state index contributed by atoms with van der Waals surface area (Å²) in [6.45, 7) is 6.07. The van der Waals surface area contributed by atoms with Crippen molar-refractivity contribution in [2.24, 2.45) is 0 Å². The highest BCUT2D eigenvalue weighted by Gasteiger charge is 2.18. The number of hydrogen-bond acceptors (Lipinski definition) is 4. The summed E-state index contributed by atoms with van der Waals surface area (Å²) in [5.41, 5.74) is 1.52. The molecule has 4 nitrogen and oxygen atoms in total. The molecule has 1 rings (SSSR count). The van der Waals surface area contributed by atoms with Crippen molar-refractivity contribution >= 4 is 17.7 Å². The number of nitrogens with one attached hydrogen (secondary N) is 1. The van der Waals surface area contributed by atoms with Gasteiger partial charge in [-0.2, -0.15) is 11.8 Å². The second kappa shape index (κ2) is 7.50. The van der Waals surface area contributed by atoms with Crippen LogP contribution in [0.3, 0.4) is 0 Å². The van der Waals surface area contributed by atoms with E-state index in [9.17, 15) is 9.90 Å². The third kappa shape index (κ3) is 4.51. The van der Waals surface area contributed by atoms with Gasteiger partial charge in [0.15, 0.2) is 0 Å². The van der Waals surface area contributed by atoms with Gasteiger partial charge in [0.25, 0.3) is 5.91 Å². The van der Waals surface area contributed by atoms with E-state index in [2.05, 4.69) is 24.1 Å². The molecule has 0 saturated carbocycles. The molecule has 0 aliphatic rings. The molecule has 1 aromatic heterocycles. The number of aliphatic hydroxyl groups is 1. The SMILES string of the molecule is CSC(CO)C(C)NC(=O)c1ccc(C(C)C)nc1. The molecule has 2 N–H and O–H groups in total. The molecular formula is C14H22N2O2S. The first kappa shape index (κ1) is 16.0. The molecular weight excluding hydrogens is 260 g/mol. The van der Waals surface area contributed by atoms with Gasteiger partial charge in [0.2, 0.25) is 0 Å². The smallest absolute Gasteiger partial charge is 0.253 e. The summed E-state index contributed by atoms with van der Waals surface area (Å²) in [6, 6.07) is 3.58. The molecule has 0 bridgehead atoms. The van der Waals surface area contributed by atoms with Gasteiger partial charge in [-0.1, -0.05) is 13.8 Å². The Bertz CT molecular complexity index is 402. The van der Waals surface area contributed by atoms with E-state index >= 15 is 0 Å². The zero-order valence-electron chi connectivity index (χ0n) is 11.9. The van der Waals surface area contributed by atoms with Crippen LogP contribution in [0, 0.1) is 0 Å². The summed E-state index contributed by atoms with van der Waals surface area (Å²) in [5, 5.41) is 12.1. The Balaban J connectivity index is 2.67. The third-order valence-corrected chi connectivity index (χ3v) is 4.20. The van der Waals surface area contributed by atoms with Crippen molar-refractivity contribution in [1.29, 1.82) is 0 Å². The third-order valence-electron chi connectivity index (χ3n) is 3.04. The summed E-state index contributed by atoms with van der Waals surface area (Å²) in [6.07, 6.45) is 3.52. The van der Waals surface area contributed by atoms with Crippen LogP contribution in [-0.2, 0) is 0 Å². The summed E-state index contributed by atoms with van der Waals surface area (Å²) in [4.78, 5) is 16.3. The van der Waals surface area contributed by atoms with Crippen molar-refractivity contribution in [1.82, 2.24) is 10.3 Å². The minimum absolute atomic E-state index is 0.00634. The minimum atomic E-state index is -0.150. The maximum Gasteiger partial charge on any atom is 0.253 e. The first-order valence-electron chi connectivity index (χ1n) is 6.40. The molecule has 1 heterocycles. The molecule has 0 spiro atoms. The summed E-state index contributed by atoms with van der Waals surface area (Å²) in [5.74, 6) is 0.203. The molecule has 0 fully saturated rings. The van der Waals surface area contributed by atoms with E-state index in [4.69, 9.17) is 0 Å². The number of rotatable bonds is 6. The Kier molecular flexibility index (Phi) is 6.31. The zero-order chi connectivity index (χ0) is 14.4. The van der Waals surface area contributed by atoms with Crippen LogP contribution in [0.2, 0.25) is 0 Å². The molecule has 0 saturated heterocycles. The lowest BCUT2D eigenvalue weighted by molar-refractivity contribution is 0.0935. The van der Waals surface area contributed by atoms with Crippen molar-refractivity contribution in [2.75, 3.05) is 12.9 Å². The second-order valence-corrected chi connectivity index (χ2v) is 5.92. The van der Waals surface area contributed by atoms with Gasteiger partial charge in [0.05, 0.1) is 12.2 Å². The number of aromatic nitrogens is 1. The standard InChI is InChI=1S/C14H22N2O2S/c1-9(2)12-6-5-11(7-15-12)14(18)16-10(3)13(8-17)19-4/h5-7,9-10,13,17H,8H2,1-4H3,(H,16,18). The minimum Gasteiger partial charge on any atom is -0.395 e. The second-order valence-electron chi connectivity index (χ2n) is 4.85. The van der Waals surface area contributed by atoms with Crippen LogP contribution >= 0.6 is 11.8 Å². The first-order valence-corrected chi connectivity index (χ1v) is 7.68. The summed E-state index contributed by atoms with van der Waals surface area (Å²) < 4.78 is 0. The maximum atomic E-state index is 12.0. The van der Waals surface area contributed by atoms with Crippen LogP contribution in [-0.4, -0.2) is 40.2 Å². The molecule has 0 aromatic carbocycles. The van der Waals surface area contributed by atoms with E-state index in [1.165, 1.54) is 0 Å². The highest BCUT2D eigenvalue weighted by Crippen LogP contribution is 2.13. The van der Waals surface area contributed by atoms with Crippen LogP contribution in [0.5, 0.6) is 0 Å². The monoisotopic (exact) mass is 282 g/mol. The van der Waals surface area contributed by atoms with Crippen LogP contribution in [0.4, 0.5) is 0 Å². The molecule has 0 aliphatic heterocycles. The lowest BCUT2D eigenvalue weighted by Gasteiger charge is -2.21. The lowest BCUT2D eigenvalue weighted by Crippen LogP contribution is -2.41. The fourth-order valence-electron chi connectivity index (χ4n) is 1.70. The normalized spacial score (nSPS) is 14.2. The van der Waals surface area contributed by atoms with E-state index in [1.807, 2.05) is 19.2 Å². The van der Waals surface area contributed by atoms with Gasteiger partial charge in [-0.3, -0.25) is 9.78 Å². The van der Waals surface area contributed by atoms with Crippen molar-refractivity contribution in [3.8, 4) is 0 Å². The first-order chi connectivity index (χ1) is 8.99. The Labute approximate surface area is 119 Å². The maximum absolute atomic E-state index is 12.0. The lowest BCUT2D eigenvalue weighted by atomic mass is 10.1.